The molecule has 0 bridgehead atoms. The topological polar surface area (TPSA) is 125 Å². The van der Waals surface area contributed by atoms with Crippen LogP contribution >= 0.6 is 0 Å². The lowest BCUT2D eigenvalue weighted by Crippen LogP contribution is -2.03. The summed E-state index contributed by atoms with van der Waals surface area (Å²) in [5, 5.41) is 21.6. The number of imidazole rings is 1. The predicted molar refractivity (Wildman–Crippen MR) is 155 cm³/mol. The number of aliphatic imine (C=N–C) groups is 1. The van der Waals surface area contributed by atoms with E-state index in [9.17, 15) is 5.21 Å². The number of hydrogen-bond donors (Lipinski definition) is 2. The van der Waals surface area contributed by atoms with Gasteiger partial charge in [-0.05, 0) is 44.2 Å². The highest BCUT2D eigenvalue weighted by Gasteiger charge is 2.35. The van der Waals surface area contributed by atoms with Gasteiger partial charge >= 0.3 is 0 Å². The molecule has 40 heavy (non-hydrogen) atoms. The maximum absolute atomic E-state index is 11.6. The number of nitrogen functional groups attached to an aromatic ring is 1. The summed E-state index contributed by atoms with van der Waals surface area (Å²) in [6.07, 6.45) is 9.81. The normalized spacial score (nSPS) is 15.6. The van der Waals surface area contributed by atoms with Crippen LogP contribution in [0.15, 0.2) is 41.5 Å². The summed E-state index contributed by atoms with van der Waals surface area (Å²) in [4.78, 5) is 14.6. The molecule has 2 fully saturated rings. The molecular formula is C30H33N9O. The summed E-state index contributed by atoms with van der Waals surface area (Å²) in [5.41, 5.74) is 13.8. The van der Waals surface area contributed by atoms with Crippen LogP contribution in [0.4, 0.5) is 11.5 Å². The van der Waals surface area contributed by atoms with Crippen molar-refractivity contribution in [1.29, 1.82) is 0 Å². The van der Waals surface area contributed by atoms with Crippen LogP contribution in [-0.4, -0.2) is 45.7 Å². The molecule has 0 spiro atoms. The maximum atomic E-state index is 11.6. The van der Waals surface area contributed by atoms with Gasteiger partial charge in [0.15, 0.2) is 17.3 Å². The third kappa shape index (κ3) is 4.24. The number of hydrogen-bond acceptors (Lipinski definition) is 7. The fraction of sp³-hybridized carbons (Fsp3) is 0.367. The minimum atomic E-state index is 0.231. The fourth-order valence-electron chi connectivity index (χ4n) is 5.61. The van der Waals surface area contributed by atoms with Gasteiger partial charge in [-0.1, -0.05) is 25.5 Å². The van der Waals surface area contributed by atoms with Crippen molar-refractivity contribution in [2.24, 2.45) is 19.1 Å². The summed E-state index contributed by atoms with van der Waals surface area (Å²) in [5.74, 6) is 1.97. The molecule has 0 unspecified atom stereocenters. The molecule has 10 nitrogen and oxygen atoms in total. The molecule has 0 amide bonds. The van der Waals surface area contributed by atoms with Gasteiger partial charge in [-0.15, -0.1) is 0 Å². The number of nitrogens with zero attached hydrogens (tertiary/aromatic N) is 8. The van der Waals surface area contributed by atoms with Gasteiger partial charge < -0.3 is 10.9 Å². The molecule has 5 aromatic rings. The van der Waals surface area contributed by atoms with Crippen molar-refractivity contribution in [3.63, 3.8) is 0 Å². The zero-order chi connectivity index (χ0) is 27.5. The average molecular weight is 536 g/mol. The van der Waals surface area contributed by atoms with E-state index in [1.54, 1.807) is 10.9 Å². The predicted octanol–water partition coefficient (Wildman–Crippen LogP) is 5.51. The van der Waals surface area contributed by atoms with Crippen LogP contribution in [0.2, 0.25) is 0 Å². The Labute approximate surface area is 232 Å². The van der Waals surface area contributed by atoms with Crippen LogP contribution in [0.1, 0.15) is 73.5 Å². The molecule has 2 aliphatic carbocycles. The van der Waals surface area contributed by atoms with Crippen LogP contribution in [0.5, 0.6) is 0 Å². The summed E-state index contributed by atoms with van der Waals surface area (Å²) in [7, 11) is 3.86. The zero-order valence-electron chi connectivity index (χ0n) is 23.0. The average Bonchev–Trinajstić information content (AvgIpc) is 3.85. The monoisotopic (exact) mass is 535 g/mol. The number of nitrogens with two attached hydrogens (primary N) is 1. The van der Waals surface area contributed by atoms with E-state index >= 15 is 0 Å². The summed E-state index contributed by atoms with van der Waals surface area (Å²) in [6.45, 7) is 2.12. The maximum Gasteiger partial charge on any atom is 0.181 e. The molecule has 0 atom stereocenters. The van der Waals surface area contributed by atoms with E-state index in [4.69, 9.17) is 20.7 Å². The van der Waals surface area contributed by atoms with Gasteiger partial charge in [0.1, 0.15) is 0 Å². The summed E-state index contributed by atoms with van der Waals surface area (Å²) >= 11 is 0. The van der Waals surface area contributed by atoms with Gasteiger partial charge in [0.05, 0.1) is 17.1 Å². The number of rotatable bonds is 8. The Balaban J connectivity index is 1.36. The first-order chi connectivity index (χ1) is 19.4. The van der Waals surface area contributed by atoms with Crippen molar-refractivity contribution < 1.29 is 5.21 Å². The molecule has 0 aliphatic heterocycles. The number of aromatic nitrogens is 7. The van der Waals surface area contributed by atoms with E-state index in [0.29, 0.717) is 28.9 Å². The zero-order valence-corrected chi connectivity index (χ0v) is 23.0. The molecular weight excluding hydrogens is 502 g/mol. The fourth-order valence-corrected chi connectivity index (χ4v) is 5.61. The first kappa shape index (κ1) is 24.6. The molecule has 7 rings (SSSR count). The smallest absolute Gasteiger partial charge is 0.181 e. The number of benzene rings is 1. The van der Waals surface area contributed by atoms with Gasteiger partial charge in [0, 0.05) is 77.9 Å². The minimum absolute atomic E-state index is 0.231. The number of anilines is 1. The molecule has 10 heteroatoms. The molecule has 4 heterocycles. The van der Waals surface area contributed by atoms with E-state index in [-0.39, 0.29) is 5.92 Å². The largest absolute Gasteiger partial charge is 0.427 e. The standard InChI is InChI=1S/C30H33N9O/c1-4-6-24-21(13-19-16-37(2)36-29(19)33-24)30-34-27(28(39(30)40)18-11-12-18)20-7-5-8-23(31)22(20)15-32-26-14-25(17-9-10-17)38(3)35-26/h5,7-8,13-18,40H,4,6,9-12,31H2,1-3H3. The van der Waals surface area contributed by atoms with Crippen molar-refractivity contribution in [2.45, 2.75) is 57.3 Å². The Morgan fingerprint density at radius 1 is 1.05 bits per heavy atom. The van der Waals surface area contributed by atoms with Crippen molar-refractivity contribution >= 4 is 28.8 Å². The Kier molecular flexibility index (Phi) is 5.72. The molecule has 4 aromatic heterocycles. The lowest BCUT2D eigenvalue weighted by molar-refractivity contribution is 0.182. The quantitative estimate of drug-likeness (QED) is 0.153. The molecule has 1 aromatic carbocycles. The summed E-state index contributed by atoms with van der Waals surface area (Å²) in [6, 6.07) is 9.88. The van der Waals surface area contributed by atoms with Gasteiger partial charge in [0.2, 0.25) is 0 Å². The Morgan fingerprint density at radius 3 is 2.60 bits per heavy atom. The molecule has 3 N–H and O–H groups in total. The second-order valence-electron chi connectivity index (χ2n) is 11.1. The van der Waals surface area contributed by atoms with Crippen LogP contribution in [0.25, 0.3) is 33.7 Å². The van der Waals surface area contributed by atoms with Crippen LogP contribution in [0.3, 0.4) is 0 Å². The highest BCUT2D eigenvalue weighted by Crippen LogP contribution is 2.47. The number of aryl methyl sites for hydroxylation is 3. The van der Waals surface area contributed by atoms with Crippen LogP contribution < -0.4 is 5.73 Å². The third-order valence-electron chi connectivity index (χ3n) is 7.89. The van der Waals surface area contributed by atoms with Gasteiger partial charge in [-0.2, -0.15) is 14.9 Å². The molecule has 204 valence electrons. The molecule has 0 saturated heterocycles. The van der Waals surface area contributed by atoms with E-state index in [2.05, 4.69) is 23.2 Å². The van der Waals surface area contributed by atoms with E-state index in [0.717, 1.165) is 64.8 Å². The lowest BCUT2D eigenvalue weighted by Gasteiger charge is -2.09. The Morgan fingerprint density at radius 2 is 1.85 bits per heavy atom. The SMILES string of the molecule is CCCc1nc2nn(C)cc2cc1-c1nc(-c2cccc(N)c2C=Nc2cc(C3CC3)n(C)n2)c(C2CC2)n1O. The lowest BCUT2D eigenvalue weighted by atomic mass is 10.0. The molecule has 0 radical (unpaired) electrons. The van der Waals surface area contributed by atoms with Gasteiger partial charge in [0.25, 0.3) is 0 Å². The highest BCUT2D eigenvalue weighted by atomic mass is 16.5. The molecule has 2 aliphatic rings. The molecule has 2 saturated carbocycles. The second-order valence-corrected chi connectivity index (χ2v) is 11.1. The minimum Gasteiger partial charge on any atom is -0.427 e. The van der Waals surface area contributed by atoms with Crippen molar-refractivity contribution in [3.05, 3.63) is 59.2 Å². The Hall–Kier alpha value is -4.47. The first-order valence-corrected chi connectivity index (χ1v) is 14.0. The highest BCUT2D eigenvalue weighted by molar-refractivity contribution is 5.97. The van der Waals surface area contributed by atoms with E-state index in [1.807, 2.05) is 49.2 Å². The van der Waals surface area contributed by atoms with Gasteiger partial charge in [-0.25, -0.2) is 15.0 Å². The van der Waals surface area contributed by atoms with E-state index in [1.165, 1.54) is 23.3 Å². The van der Waals surface area contributed by atoms with Crippen molar-refractivity contribution in [1.82, 2.24) is 34.3 Å². The van der Waals surface area contributed by atoms with Crippen LogP contribution in [0, 0.1) is 0 Å². The van der Waals surface area contributed by atoms with Crippen LogP contribution in [-0.2, 0) is 20.5 Å². The van der Waals surface area contributed by atoms with E-state index < -0.39 is 0 Å². The van der Waals surface area contributed by atoms with Gasteiger partial charge in [-0.3, -0.25) is 9.36 Å². The second kappa shape index (κ2) is 9.32. The number of pyridine rings is 1. The third-order valence-corrected chi connectivity index (χ3v) is 7.89. The first-order valence-electron chi connectivity index (χ1n) is 14.0. The number of fused-ring (bicyclic) bond motifs is 1. The summed E-state index contributed by atoms with van der Waals surface area (Å²) < 4.78 is 4.96. The van der Waals surface area contributed by atoms with Crippen molar-refractivity contribution in [2.75, 3.05) is 5.73 Å². The van der Waals surface area contributed by atoms with Crippen molar-refractivity contribution in [3.8, 4) is 22.6 Å². The Bertz CT molecular complexity index is 1780.